The van der Waals surface area contributed by atoms with Gasteiger partial charge >= 0.3 is 0 Å². The van der Waals surface area contributed by atoms with E-state index in [9.17, 15) is 10.1 Å². The molecular weight excluding hydrogens is 308 g/mol. The van der Waals surface area contributed by atoms with Crippen LogP contribution in [0.4, 0.5) is 17.1 Å². The lowest BCUT2D eigenvalue weighted by Crippen LogP contribution is -3.00. The smallest absolute Gasteiger partial charge is 0.292 e. The number of rotatable bonds is 3. The molecule has 22 heavy (non-hydrogen) atoms. The van der Waals surface area contributed by atoms with E-state index in [4.69, 9.17) is 4.74 Å². The number of hydrogen-bond acceptors (Lipinski definition) is 6. The van der Waals surface area contributed by atoms with Crippen molar-refractivity contribution in [3.05, 3.63) is 28.3 Å². The predicted molar refractivity (Wildman–Crippen MR) is 81.2 cm³/mol. The summed E-state index contributed by atoms with van der Waals surface area (Å²) in [5, 5.41) is 14.6. The molecule has 1 aromatic rings. The summed E-state index contributed by atoms with van der Waals surface area (Å²) in [7, 11) is 0. The molecule has 1 N–H and O–H groups in total. The zero-order chi connectivity index (χ0) is 14.7. The van der Waals surface area contributed by atoms with Crippen molar-refractivity contribution in [3.63, 3.8) is 0 Å². The molecule has 0 aromatic heterocycles. The second-order valence-electron chi connectivity index (χ2n) is 5.27. The van der Waals surface area contributed by atoms with Crippen LogP contribution in [-0.4, -0.2) is 57.4 Å². The number of halogens is 1. The molecule has 0 radical (unpaired) electrons. The molecule has 0 saturated carbocycles. The first-order chi connectivity index (χ1) is 10.3. The average Bonchev–Trinajstić information content (AvgIpc) is 2.56. The van der Waals surface area contributed by atoms with E-state index in [0.29, 0.717) is 32.0 Å². The Morgan fingerprint density at radius 1 is 1.09 bits per heavy atom. The lowest BCUT2D eigenvalue weighted by atomic mass is 10.2. The predicted octanol–water partition coefficient (Wildman–Crippen LogP) is -2.15. The molecule has 0 aliphatic carbocycles. The maximum Gasteiger partial charge on any atom is 0.292 e. The van der Waals surface area contributed by atoms with Crippen molar-refractivity contribution >= 4 is 17.1 Å². The molecule has 122 valence electrons. The zero-order valence-electron chi connectivity index (χ0n) is 12.3. The molecule has 0 spiro atoms. The van der Waals surface area contributed by atoms with Gasteiger partial charge < -0.3 is 32.3 Å². The van der Waals surface area contributed by atoms with E-state index >= 15 is 0 Å². The van der Waals surface area contributed by atoms with Gasteiger partial charge in [0, 0.05) is 51.0 Å². The normalized spacial score (nSPS) is 18.7. The van der Waals surface area contributed by atoms with E-state index in [0.717, 1.165) is 31.9 Å². The number of hydrogen-bond donors (Lipinski definition) is 1. The Labute approximate surface area is 135 Å². The quantitative estimate of drug-likeness (QED) is 0.504. The van der Waals surface area contributed by atoms with E-state index in [1.165, 1.54) is 0 Å². The van der Waals surface area contributed by atoms with Crippen LogP contribution in [0, 0.1) is 10.1 Å². The Morgan fingerprint density at radius 2 is 1.77 bits per heavy atom. The highest BCUT2D eigenvalue weighted by Gasteiger charge is 2.23. The molecule has 1 aromatic carbocycles. The van der Waals surface area contributed by atoms with Crippen LogP contribution in [0.25, 0.3) is 0 Å². The summed E-state index contributed by atoms with van der Waals surface area (Å²) in [6.45, 7) is 6.40. The number of ether oxygens (including phenoxy) is 1. The van der Waals surface area contributed by atoms with Gasteiger partial charge in [0.25, 0.3) is 5.69 Å². The standard InChI is InChI=1S/C14H20N4O3.ClH/c19-18(20)13-2-1-12(16-5-3-15-4-6-16)11-14(13)17-7-9-21-10-8-17;/h1-2,11,15H,3-10H2;1H/p-1. The van der Waals surface area contributed by atoms with Gasteiger partial charge in [0.05, 0.1) is 18.1 Å². The first-order valence-corrected chi connectivity index (χ1v) is 7.32. The van der Waals surface area contributed by atoms with Crippen LogP contribution in [0.15, 0.2) is 18.2 Å². The number of piperazine rings is 1. The van der Waals surface area contributed by atoms with Crippen LogP contribution in [-0.2, 0) is 4.74 Å². The van der Waals surface area contributed by atoms with Crippen molar-refractivity contribution in [3.8, 4) is 0 Å². The van der Waals surface area contributed by atoms with Crippen molar-refractivity contribution in [1.82, 2.24) is 5.32 Å². The highest BCUT2D eigenvalue weighted by molar-refractivity contribution is 5.70. The maximum atomic E-state index is 11.3. The average molecular weight is 328 g/mol. The van der Waals surface area contributed by atoms with Crippen LogP contribution >= 0.6 is 0 Å². The summed E-state index contributed by atoms with van der Waals surface area (Å²) in [4.78, 5) is 15.3. The fraction of sp³-hybridized carbons (Fsp3) is 0.571. The fourth-order valence-corrected chi connectivity index (χ4v) is 2.84. The lowest BCUT2D eigenvalue weighted by molar-refractivity contribution is -0.384. The number of morpholine rings is 1. The number of nitrogens with zero attached hydrogens (tertiary/aromatic N) is 3. The summed E-state index contributed by atoms with van der Waals surface area (Å²) < 4.78 is 5.34. The molecule has 8 heteroatoms. The minimum absolute atomic E-state index is 0. The van der Waals surface area contributed by atoms with Gasteiger partial charge in [-0.1, -0.05) is 0 Å². The third-order valence-corrected chi connectivity index (χ3v) is 3.99. The van der Waals surface area contributed by atoms with Gasteiger partial charge in [-0.05, 0) is 12.1 Å². The van der Waals surface area contributed by atoms with E-state index < -0.39 is 0 Å². The Balaban J connectivity index is 0.00000176. The molecule has 3 rings (SSSR count). The van der Waals surface area contributed by atoms with Crippen LogP contribution in [0.3, 0.4) is 0 Å². The van der Waals surface area contributed by atoms with E-state index in [-0.39, 0.29) is 23.0 Å². The molecule has 0 amide bonds. The minimum atomic E-state index is -0.299. The Kier molecular flexibility index (Phi) is 5.82. The van der Waals surface area contributed by atoms with Gasteiger partial charge in [-0.2, -0.15) is 0 Å². The van der Waals surface area contributed by atoms with Crippen molar-refractivity contribution < 1.29 is 22.1 Å². The number of nitro benzene ring substituents is 1. The van der Waals surface area contributed by atoms with Crippen molar-refractivity contribution in [1.29, 1.82) is 0 Å². The lowest BCUT2D eigenvalue weighted by Gasteiger charge is -2.32. The summed E-state index contributed by atoms with van der Waals surface area (Å²) >= 11 is 0. The SMILES string of the molecule is O=[N+]([O-])c1ccc(N2CCNCC2)cc1N1CCOCC1.[Cl-]. The molecule has 2 heterocycles. The van der Waals surface area contributed by atoms with Crippen LogP contribution < -0.4 is 27.5 Å². The highest BCUT2D eigenvalue weighted by atomic mass is 35.5. The molecule has 2 fully saturated rings. The van der Waals surface area contributed by atoms with Crippen LogP contribution in [0.2, 0.25) is 0 Å². The van der Waals surface area contributed by atoms with Gasteiger partial charge in [-0.25, -0.2) is 0 Å². The number of anilines is 2. The topological polar surface area (TPSA) is 70.9 Å². The molecule has 0 bridgehead atoms. The first-order valence-electron chi connectivity index (χ1n) is 7.32. The zero-order valence-corrected chi connectivity index (χ0v) is 13.1. The Bertz CT molecular complexity index is 517. The molecule has 2 aliphatic rings. The van der Waals surface area contributed by atoms with Gasteiger partial charge in [0.2, 0.25) is 0 Å². The number of nitrogens with one attached hydrogen (secondary N) is 1. The molecule has 2 saturated heterocycles. The first kappa shape index (κ1) is 16.8. The fourth-order valence-electron chi connectivity index (χ4n) is 2.84. The largest absolute Gasteiger partial charge is 1.00 e. The van der Waals surface area contributed by atoms with Gasteiger partial charge in [-0.3, -0.25) is 10.1 Å². The third-order valence-electron chi connectivity index (χ3n) is 3.99. The highest BCUT2D eigenvalue weighted by Crippen LogP contribution is 2.33. The Morgan fingerprint density at radius 3 is 2.41 bits per heavy atom. The third kappa shape index (κ3) is 3.60. The van der Waals surface area contributed by atoms with Crippen molar-refractivity contribution in [2.75, 3.05) is 62.3 Å². The van der Waals surface area contributed by atoms with Crippen molar-refractivity contribution in [2.24, 2.45) is 0 Å². The van der Waals surface area contributed by atoms with Crippen LogP contribution in [0.5, 0.6) is 0 Å². The summed E-state index contributed by atoms with van der Waals surface area (Å²) in [6.07, 6.45) is 0. The van der Waals surface area contributed by atoms with E-state index in [1.807, 2.05) is 17.0 Å². The van der Waals surface area contributed by atoms with E-state index in [2.05, 4.69) is 10.2 Å². The summed E-state index contributed by atoms with van der Waals surface area (Å²) in [6, 6.07) is 5.43. The summed E-state index contributed by atoms with van der Waals surface area (Å²) in [5.41, 5.74) is 1.94. The molecule has 0 atom stereocenters. The van der Waals surface area contributed by atoms with Crippen molar-refractivity contribution in [2.45, 2.75) is 0 Å². The van der Waals surface area contributed by atoms with Gasteiger partial charge in [0.1, 0.15) is 5.69 Å². The van der Waals surface area contributed by atoms with Gasteiger partial charge in [-0.15, -0.1) is 0 Å². The van der Waals surface area contributed by atoms with E-state index in [1.54, 1.807) is 6.07 Å². The number of benzene rings is 1. The molecule has 0 unspecified atom stereocenters. The van der Waals surface area contributed by atoms with Crippen LogP contribution in [0.1, 0.15) is 0 Å². The molecule has 7 nitrogen and oxygen atoms in total. The second-order valence-corrected chi connectivity index (χ2v) is 5.27. The minimum Gasteiger partial charge on any atom is -1.00 e. The molecular formula is C14H20ClN4O3-. The van der Waals surface area contributed by atoms with Gasteiger partial charge in [0.15, 0.2) is 0 Å². The second kappa shape index (κ2) is 7.62. The monoisotopic (exact) mass is 327 g/mol. The maximum absolute atomic E-state index is 11.3. The summed E-state index contributed by atoms with van der Waals surface area (Å²) in [5.74, 6) is 0. The Hall–Kier alpha value is -1.57. The number of nitro groups is 1. The molecule has 2 aliphatic heterocycles.